The van der Waals surface area contributed by atoms with Gasteiger partial charge in [0.25, 0.3) is 0 Å². The SMILES string of the molecule is CCCNC(c1cc(OC)cs1)C(C)CC. The number of thiophene rings is 1. The lowest BCUT2D eigenvalue weighted by Crippen LogP contribution is -2.26. The second-order valence-electron chi connectivity index (χ2n) is 4.21. The number of hydrogen-bond acceptors (Lipinski definition) is 3. The molecular weight excluding hydrogens is 218 g/mol. The standard InChI is InChI=1S/C13H23NOS/c1-5-7-14-13(10(3)6-2)12-8-11(15-4)9-16-12/h8-10,13-14H,5-7H2,1-4H3. The molecule has 0 aromatic carbocycles. The van der Waals surface area contributed by atoms with Crippen LogP contribution >= 0.6 is 11.3 Å². The van der Waals surface area contributed by atoms with Crippen molar-refractivity contribution in [1.82, 2.24) is 5.32 Å². The minimum Gasteiger partial charge on any atom is -0.496 e. The van der Waals surface area contributed by atoms with Crippen LogP contribution in [-0.4, -0.2) is 13.7 Å². The fourth-order valence-corrected chi connectivity index (χ4v) is 2.79. The lowest BCUT2D eigenvalue weighted by molar-refractivity contribution is 0.379. The Morgan fingerprint density at radius 2 is 2.19 bits per heavy atom. The van der Waals surface area contributed by atoms with Crippen molar-refractivity contribution in [2.24, 2.45) is 5.92 Å². The van der Waals surface area contributed by atoms with E-state index in [0.29, 0.717) is 12.0 Å². The van der Waals surface area contributed by atoms with Crippen LogP contribution in [0, 0.1) is 5.92 Å². The zero-order chi connectivity index (χ0) is 12.0. The zero-order valence-electron chi connectivity index (χ0n) is 10.7. The average Bonchev–Trinajstić information content (AvgIpc) is 2.77. The van der Waals surface area contributed by atoms with Gasteiger partial charge in [-0.05, 0) is 24.9 Å². The molecule has 1 rings (SSSR count). The van der Waals surface area contributed by atoms with E-state index in [0.717, 1.165) is 12.3 Å². The van der Waals surface area contributed by atoms with Gasteiger partial charge in [-0.1, -0.05) is 27.2 Å². The summed E-state index contributed by atoms with van der Waals surface area (Å²) in [6, 6.07) is 2.63. The van der Waals surface area contributed by atoms with Crippen molar-refractivity contribution < 1.29 is 4.74 Å². The van der Waals surface area contributed by atoms with Crippen molar-refractivity contribution >= 4 is 11.3 Å². The van der Waals surface area contributed by atoms with Gasteiger partial charge >= 0.3 is 0 Å². The first-order valence-electron chi connectivity index (χ1n) is 6.08. The maximum Gasteiger partial charge on any atom is 0.129 e. The first-order valence-corrected chi connectivity index (χ1v) is 6.96. The fourth-order valence-electron chi connectivity index (χ4n) is 1.72. The molecule has 3 heteroatoms. The zero-order valence-corrected chi connectivity index (χ0v) is 11.6. The third-order valence-electron chi connectivity index (χ3n) is 2.97. The summed E-state index contributed by atoms with van der Waals surface area (Å²) in [6.07, 6.45) is 2.37. The van der Waals surface area contributed by atoms with Gasteiger partial charge in [0.2, 0.25) is 0 Å². The van der Waals surface area contributed by atoms with Crippen molar-refractivity contribution in [2.75, 3.05) is 13.7 Å². The summed E-state index contributed by atoms with van der Waals surface area (Å²) in [4.78, 5) is 1.39. The van der Waals surface area contributed by atoms with Crippen LogP contribution in [0.1, 0.15) is 44.5 Å². The van der Waals surface area contributed by atoms with Gasteiger partial charge in [0.05, 0.1) is 7.11 Å². The number of methoxy groups -OCH3 is 1. The molecule has 2 atom stereocenters. The molecule has 0 fully saturated rings. The summed E-state index contributed by atoms with van der Waals surface area (Å²) in [7, 11) is 1.73. The smallest absolute Gasteiger partial charge is 0.129 e. The molecule has 1 heterocycles. The third kappa shape index (κ3) is 3.49. The molecule has 0 aliphatic carbocycles. The maximum atomic E-state index is 5.25. The lowest BCUT2D eigenvalue weighted by atomic mass is 9.97. The van der Waals surface area contributed by atoms with Gasteiger partial charge in [-0.15, -0.1) is 11.3 Å². The molecule has 2 nitrogen and oxygen atoms in total. The van der Waals surface area contributed by atoms with Crippen molar-refractivity contribution in [3.8, 4) is 5.75 Å². The van der Waals surface area contributed by atoms with Crippen LogP contribution in [0.2, 0.25) is 0 Å². The molecule has 1 N–H and O–H groups in total. The van der Waals surface area contributed by atoms with Gasteiger partial charge in [0.15, 0.2) is 0 Å². The summed E-state index contributed by atoms with van der Waals surface area (Å²) >= 11 is 1.79. The number of nitrogens with one attached hydrogen (secondary N) is 1. The molecule has 0 saturated carbocycles. The lowest BCUT2D eigenvalue weighted by Gasteiger charge is -2.23. The molecule has 2 unspecified atom stereocenters. The molecule has 1 aromatic heterocycles. The molecule has 0 radical (unpaired) electrons. The molecule has 92 valence electrons. The second-order valence-corrected chi connectivity index (χ2v) is 5.15. The molecule has 1 aromatic rings. The van der Waals surface area contributed by atoms with Gasteiger partial charge in [-0.2, -0.15) is 0 Å². The van der Waals surface area contributed by atoms with Gasteiger partial charge in [-0.3, -0.25) is 0 Å². The summed E-state index contributed by atoms with van der Waals surface area (Å²) < 4.78 is 5.25. The molecule has 16 heavy (non-hydrogen) atoms. The number of rotatable bonds is 7. The molecule has 0 saturated heterocycles. The molecule has 0 spiro atoms. The van der Waals surface area contributed by atoms with E-state index in [4.69, 9.17) is 4.74 Å². The summed E-state index contributed by atoms with van der Waals surface area (Å²) in [5.74, 6) is 1.64. The van der Waals surface area contributed by atoms with Gasteiger partial charge in [0, 0.05) is 16.3 Å². The Morgan fingerprint density at radius 3 is 2.69 bits per heavy atom. The fraction of sp³-hybridized carbons (Fsp3) is 0.692. The normalized spacial score (nSPS) is 14.8. The van der Waals surface area contributed by atoms with E-state index < -0.39 is 0 Å². The molecule has 0 amide bonds. The number of hydrogen-bond donors (Lipinski definition) is 1. The van der Waals surface area contributed by atoms with Crippen LogP contribution in [0.25, 0.3) is 0 Å². The van der Waals surface area contributed by atoms with Crippen LogP contribution in [0.15, 0.2) is 11.4 Å². The van der Waals surface area contributed by atoms with Crippen LogP contribution in [0.4, 0.5) is 0 Å². The van der Waals surface area contributed by atoms with Gasteiger partial charge < -0.3 is 10.1 Å². The van der Waals surface area contributed by atoms with E-state index in [1.807, 2.05) is 0 Å². The number of ether oxygens (including phenoxy) is 1. The molecule has 0 aliphatic rings. The average molecular weight is 241 g/mol. The second kappa shape index (κ2) is 6.92. The molecule has 0 bridgehead atoms. The van der Waals surface area contributed by atoms with Gasteiger partial charge in [-0.25, -0.2) is 0 Å². The highest BCUT2D eigenvalue weighted by molar-refractivity contribution is 7.10. The van der Waals surface area contributed by atoms with E-state index in [1.54, 1.807) is 18.4 Å². The maximum absolute atomic E-state index is 5.25. The van der Waals surface area contributed by atoms with E-state index in [9.17, 15) is 0 Å². The van der Waals surface area contributed by atoms with Crippen LogP contribution in [0.3, 0.4) is 0 Å². The Morgan fingerprint density at radius 1 is 1.44 bits per heavy atom. The topological polar surface area (TPSA) is 21.3 Å². The van der Waals surface area contributed by atoms with Crippen molar-refractivity contribution in [3.05, 3.63) is 16.3 Å². The quantitative estimate of drug-likeness (QED) is 0.783. The summed E-state index contributed by atoms with van der Waals surface area (Å²) in [5.41, 5.74) is 0. The Kier molecular flexibility index (Phi) is 5.85. The monoisotopic (exact) mass is 241 g/mol. The van der Waals surface area contributed by atoms with Crippen LogP contribution in [0.5, 0.6) is 5.75 Å². The Balaban J connectivity index is 2.74. The van der Waals surface area contributed by atoms with E-state index in [1.165, 1.54) is 17.7 Å². The van der Waals surface area contributed by atoms with E-state index in [2.05, 4.69) is 37.5 Å². The van der Waals surface area contributed by atoms with Crippen molar-refractivity contribution in [1.29, 1.82) is 0 Å². The molecule has 0 aliphatic heterocycles. The highest BCUT2D eigenvalue weighted by Crippen LogP contribution is 2.32. The highest BCUT2D eigenvalue weighted by Gasteiger charge is 2.19. The van der Waals surface area contributed by atoms with Gasteiger partial charge in [0.1, 0.15) is 5.75 Å². The highest BCUT2D eigenvalue weighted by atomic mass is 32.1. The Hall–Kier alpha value is -0.540. The van der Waals surface area contributed by atoms with Crippen molar-refractivity contribution in [2.45, 2.75) is 39.7 Å². The summed E-state index contributed by atoms with van der Waals surface area (Å²) in [5, 5.41) is 5.71. The molecular formula is C13H23NOS. The van der Waals surface area contributed by atoms with E-state index in [-0.39, 0.29) is 0 Å². The predicted molar refractivity (Wildman–Crippen MR) is 71.4 cm³/mol. The largest absolute Gasteiger partial charge is 0.496 e. The summed E-state index contributed by atoms with van der Waals surface area (Å²) in [6.45, 7) is 7.83. The Labute approximate surface area is 103 Å². The Bertz CT molecular complexity index is 298. The van der Waals surface area contributed by atoms with Crippen LogP contribution < -0.4 is 10.1 Å². The minimum absolute atomic E-state index is 0.471. The van der Waals surface area contributed by atoms with Crippen LogP contribution in [-0.2, 0) is 0 Å². The first-order chi connectivity index (χ1) is 7.72. The minimum atomic E-state index is 0.471. The third-order valence-corrected chi connectivity index (χ3v) is 3.96. The van der Waals surface area contributed by atoms with E-state index >= 15 is 0 Å². The van der Waals surface area contributed by atoms with Crippen molar-refractivity contribution in [3.63, 3.8) is 0 Å². The predicted octanol–water partition coefficient (Wildman–Crippen LogP) is 3.84. The first kappa shape index (κ1) is 13.5.